The predicted molar refractivity (Wildman–Crippen MR) is 84.8 cm³/mol. The lowest BCUT2D eigenvalue weighted by Gasteiger charge is -2.11. The molecule has 1 amide bonds. The van der Waals surface area contributed by atoms with Crippen LogP contribution in [-0.4, -0.2) is 12.5 Å². The molecule has 23 heavy (non-hydrogen) atoms. The average molecular weight is 343 g/mol. The van der Waals surface area contributed by atoms with Crippen LogP contribution in [0.1, 0.15) is 11.1 Å². The number of hydrogen-bond acceptors (Lipinski definition) is 2. The summed E-state index contributed by atoms with van der Waals surface area (Å²) in [7, 11) is 0. The van der Waals surface area contributed by atoms with Crippen LogP contribution in [-0.2, 0) is 11.0 Å². The van der Waals surface area contributed by atoms with Crippen LogP contribution in [0, 0.1) is 6.92 Å². The molecule has 0 bridgehead atoms. The van der Waals surface area contributed by atoms with Crippen molar-refractivity contribution < 1.29 is 18.0 Å². The summed E-state index contributed by atoms with van der Waals surface area (Å²) in [6.07, 6.45) is -4.45. The third kappa shape index (κ3) is 4.89. The van der Waals surface area contributed by atoms with E-state index in [1.165, 1.54) is 12.1 Å². The maximum Gasteiger partial charge on any atom is 0.416 e. The average Bonchev–Trinajstić information content (AvgIpc) is 2.48. The van der Waals surface area contributed by atoms with Crippen LogP contribution in [0.25, 0.3) is 0 Å². The van der Waals surface area contributed by atoms with Crippen molar-refractivity contribution in [1.29, 1.82) is 0 Å². The molecule has 0 aromatic heterocycles. The number of alkyl halides is 3. The minimum Gasteiger partial charge on any atom is -0.376 e. The topological polar surface area (TPSA) is 41.1 Å². The first-order valence-corrected chi connectivity index (χ1v) is 7.10. The minimum absolute atomic E-state index is 0.0877. The smallest absolute Gasteiger partial charge is 0.376 e. The zero-order valence-corrected chi connectivity index (χ0v) is 12.9. The third-order valence-corrected chi connectivity index (χ3v) is 3.51. The van der Waals surface area contributed by atoms with E-state index in [1.807, 2.05) is 6.92 Å². The van der Waals surface area contributed by atoms with E-state index in [0.717, 1.165) is 17.7 Å². The molecule has 2 N–H and O–H groups in total. The quantitative estimate of drug-likeness (QED) is 0.844. The van der Waals surface area contributed by atoms with Crippen molar-refractivity contribution in [3.05, 3.63) is 58.6 Å². The number of amides is 1. The van der Waals surface area contributed by atoms with Crippen LogP contribution < -0.4 is 10.6 Å². The predicted octanol–water partition coefficient (Wildman–Crippen LogP) is 4.72. The summed E-state index contributed by atoms with van der Waals surface area (Å²) in [5.74, 6) is -0.457. The maximum absolute atomic E-state index is 12.6. The standard InChI is InChI=1S/C16H14ClF3N2O/c1-10-5-6-12(8-14(10)17)21-9-15(23)22-13-4-2-3-11(7-13)16(18,19)20/h2-8,21H,9H2,1H3,(H,22,23). The Morgan fingerprint density at radius 3 is 2.52 bits per heavy atom. The molecule has 2 aromatic rings. The molecular formula is C16H14ClF3N2O. The van der Waals surface area contributed by atoms with Gasteiger partial charge in [0.1, 0.15) is 0 Å². The van der Waals surface area contributed by atoms with Crippen molar-refractivity contribution in [3.63, 3.8) is 0 Å². The molecule has 0 saturated heterocycles. The number of nitrogens with one attached hydrogen (secondary N) is 2. The number of hydrogen-bond donors (Lipinski definition) is 2. The molecule has 2 rings (SSSR count). The number of benzene rings is 2. The molecule has 0 saturated carbocycles. The Hall–Kier alpha value is -2.21. The van der Waals surface area contributed by atoms with E-state index in [0.29, 0.717) is 10.7 Å². The van der Waals surface area contributed by atoms with Gasteiger partial charge in [-0.05, 0) is 42.8 Å². The molecule has 0 heterocycles. The van der Waals surface area contributed by atoms with Crippen LogP contribution in [0.5, 0.6) is 0 Å². The van der Waals surface area contributed by atoms with Gasteiger partial charge in [-0.15, -0.1) is 0 Å². The van der Waals surface area contributed by atoms with Crippen molar-refractivity contribution in [2.75, 3.05) is 17.2 Å². The van der Waals surface area contributed by atoms with Crippen LogP contribution in [0.4, 0.5) is 24.5 Å². The van der Waals surface area contributed by atoms with Gasteiger partial charge in [0, 0.05) is 16.4 Å². The number of carbonyl (C=O) groups is 1. The molecule has 0 aliphatic rings. The summed E-state index contributed by atoms with van der Waals surface area (Å²) in [6, 6.07) is 9.72. The fourth-order valence-corrected chi connectivity index (χ4v) is 2.04. The molecule has 2 aromatic carbocycles. The van der Waals surface area contributed by atoms with E-state index in [4.69, 9.17) is 11.6 Å². The molecule has 122 valence electrons. The van der Waals surface area contributed by atoms with Gasteiger partial charge in [-0.1, -0.05) is 23.7 Å². The summed E-state index contributed by atoms with van der Waals surface area (Å²) < 4.78 is 37.8. The Morgan fingerprint density at radius 2 is 1.87 bits per heavy atom. The summed E-state index contributed by atoms with van der Waals surface area (Å²) >= 11 is 5.97. The van der Waals surface area contributed by atoms with Crippen LogP contribution in [0.2, 0.25) is 5.02 Å². The molecule has 0 aliphatic heterocycles. The second-order valence-corrected chi connectivity index (χ2v) is 5.35. The van der Waals surface area contributed by atoms with Crippen molar-refractivity contribution in [2.45, 2.75) is 13.1 Å². The summed E-state index contributed by atoms with van der Waals surface area (Å²) in [6.45, 7) is 1.77. The van der Waals surface area contributed by atoms with E-state index < -0.39 is 17.6 Å². The first kappa shape index (κ1) is 17.1. The zero-order chi connectivity index (χ0) is 17.0. The molecule has 3 nitrogen and oxygen atoms in total. The normalized spacial score (nSPS) is 11.2. The minimum atomic E-state index is -4.45. The van der Waals surface area contributed by atoms with Crippen LogP contribution in [0.3, 0.4) is 0 Å². The Kier molecular flexibility index (Phi) is 5.15. The van der Waals surface area contributed by atoms with Gasteiger partial charge in [-0.25, -0.2) is 0 Å². The number of anilines is 2. The van der Waals surface area contributed by atoms with E-state index in [2.05, 4.69) is 10.6 Å². The van der Waals surface area contributed by atoms with Gasteiger partial charge in [0.05, 0.1) is 12.1 Å². The Morgan fingerprint density at radius 1 is 1.13 bits per heavy atom. The highest BCUT2D eigenvalue weighted by Gasteiger charge is 2.30. The molecule has 0 radical (unpaired) electrons. The fourth-order valence-electron chi connectivity index (χ4n) is 1.86. The lowest BCUT2D eigenvalue weighted by molar-refractivity contribution is -0.137. The summed E-state index contributed by atoms with van der Waals surface area (Å²) in [4.78, 5) is 11.8. The van der Waals surface area contributed by atoms with Gasteiger partial charge < -0.3 is 10.6 Å². The van der Waals surface area contributed by atoms with Gasteiger partial charge in [0.15, 0.2) is 0 Å². The van der Waals surface area contributed by atoms with E-state index in [1.54, 1.807) is 18.2 Å². The van der Waals surface area contributed by atoms with Crippen molar-refractivity contribution >= 4 is 28.9 Å². The fraction of sp³-hybridized carbons (Fsp3) is 0.188. The van der Waals surface area contributed by atoms with Gasteiger partial charge in [0.25, 0.3) is 0 Å². The number of halogens is 4. The number of carbonyl (C=O) groups excluding carboxylic acids is 1. The maximum atomic E-state index is 12.6. The molecule has 0 unspecified atom stereocenters. The molecule has 0 spiro atoms. The summed E-state index contributed by atoms with van der Waals surface area (Å²) in [5.41, 5.74) is 0.840. The van der Waals surface area contributed by atoms with Crippen LogP contribution in [0.15, 0.2) is 42.5 Å². The largest absolute Gasteiger partial charge is 0.416 e. The molecule has 7 heteroatoms. The summed E-state index contributed by atoms with van der Waals surface area (Å²) in [5, 5.41) is 5.84. The zero-order valence-electron chi connectivity index (χ0n) is 12.2. The Bertz CT molecular complexity index is 717. The first-order chi connectivity index (χ1) is 10.8. The number of aryl methyl sites for hydroxylation is 1. The van der Waals surface area contributed by atoms with Gasteiger partial charge in [-0.2, -0.15) is 13.2 Å². The number of rotatable bonds is 4. The van der Waals surface area contributed by atoms with E-state index in [9.17, 15) is 18.0 Å². The Labute approximate surface area is 136 Å². The monoisotopic (exact) mass is 342 g/mol. The van der Waals surface area contributed by atoms with Crippen molar-refractivity contribution in [2.24, 2.45) is 0 Å². The Balaban J connectivity index is 1.96. The molecular weight excluding hydrogens is 329 g/mol. The first-order valence-electron chi connectivity index (χ1n) is 6.73. The van der Waals surface area contributed by atoms with Crippen LogP contribution >= 0.6 is 11.6 Å². The second-order valence-electron chi connectivity index (χ2n) is 4.94. The van der Waals surface area contributed by atoms with E-state index >= 15 is 0 Å². The van der Waals surface area contributed by atoms with Crippen molar-refractivity contribution in [3.8, 4) is 0 Å². The van der Waals surface area contributed by atoms with Gasteiger partial charge in [0.2, 0.25) is 5.91 Å². The molecule has 0 aliphatic carbocycles. The van der Waals surface area contributed by atoms with Crippen molar-refractivity contribution in [1.82, 2.24) is 0 Å². The lowest BCUT2D eigenvalue weighted by atomic mass is 10.2. The SMILES string of the molecule is Cc1ccc(NCC(=O)Nc2cccc(C(F)(F)F)c2)cc1Cl. The van der Waals surface area contributed by atoms with E-state index in [-0.39, 0.29) is 12.2 Å². The highest BCUT2D eigenvalue weighted by atomic mass is 35.5. The molecule has 0 fully saturated rings. The lowest BCUT2D eigenvalue weighted by Crippen LogP contribution is -2.22. The highest BCUT2D eigenvalue weighted by Crippen LogP contribution is 2.30. The van der Waals surface area contributed by atoms with Gasteiger partial charge in [-0.3, -0.25) is 4.79 Å². The third-order valence-electron chi connectivity index (χ3n) is 3.10. The second kappa shape index (κ2) is 6.91. The highest BCUT2D eigenvalue weighted by molar-refractivity contribution is 6.31. The van der Waals surface area contributed by atoms with Gasteiger partial charge >= 0.3 is 6.18 Å². The molecule has 0 atom stereocenters.